The van der Waals surface area contributed by atoms with E-state index in [1.54, 1.807) is 57.2 Å². The molecule has 2 aromatic rings. The summed E-state index contributed by atoms with van der Waals surface area (Å²) in [7, 11) is 0. The molecule has 0 saturated carbocycles. The van der Waals surface area contributed by atoms with Crippen LogP contribution in [0.4, 0.5) is 0 Å². The Kier molecular flexibility index (Phi) is 5.34. The molecule has 1 amide bonds. The number of carbonyl (C=O) groups is 1. The number of hydrogen-bond donors (Lipinski definition) is 2. The molecule has 0 fully saturated rings. The molecular weight excluding hydrogens is 318 g/mol. The van der Waals surface area contributed by atoms with Gasteiger partial charge in [-0.2, -0.15) is 0 Å². The second-order valence-electron chi connectivity index (χ2n) is 5.62. The van der Waals surface area contributed by atoms with Crippen molar-refractivity contribution in [1.82, 2.24) is 5.32 Å². The van der Waals surface area contributed by atoms with Crippen molar-refractivity contribution in [2.24, 2.45) is 0 Å². The lowest BCUT2D eigenvalue weighted by Crippen LogP contribution is -2.43. The SMILES string of the molecule is Cc1ccc(C(C)(O)CNC(=O)C(C)Oc2ccc(Cl)cc2)o1. The van der Waals surface area contributed by atoms with E-state index in [4.69, 9.17) is 20.8 Å². The number of furan rings is 1. The Morgan fingerprint density at radius 3 is 2.57 bits per heavy atom. The van der Waals surface area contributed by atoms with E-state index < -0.39 is 11.7 Å². The van der Waals surface area contributed by atoms with Gasteiger partial charge in [0.15, 0.2) is 6.10 Å². The fourth-order valence-corrected chi connectivity index (χ4v) is 2.11. The highest BCUT2D eigenvalue weighted by atomic mass is 35.5. The van der Waals surface area contributed by atoms with Crippen LogP contribution >= 0.6 is 11.6 Å². The fourth-order valence-electron chi connectivity index (χ4n) is 1.98. The lowest BCUT2D eigenvalue weighted by Gasteiger charge is -2.22. The molecule has 2 N–H and O–H groups in total. The Bertz CT molecular complexity index is 663. The Hall–Kier alpha value is -1.98. The van der Waals surface area contributed by atoms with Gasteiger partial charge >= 0.3 is 0 Å². The van der Waals surface area contributed by atoms with Gasteiger partial charge < -0.3 is 19.6 Å². The molecule has 1 aromatic carbocycles. The van der Waals surface area contributed by atoms with Crippen molar-refractivity contribution in [3.8, 4) is 5.75 Å². The molecule has 23 heavy (non-hydrogen) atoms. The smallest absolute Gasteiger partial charge is 0.260 e. The average Bonchev–Trinajstić information content (AvgIpc) is 2.94. The molecule has 2 atom stereocenters. The van der Waals surface area contributed by atoms with E-state index in [-0.39, 0.29) is 12.5 Å². The van der Waals surface area contributed by atoms with Crippen LogP contribution in [-0.4, -0.2) is 23.7 Å². The highest BCUT2D eigenvalue weighted by Crippen LogP contribution is 2.22. The lowest BCUT2D eigenvalue weighted by molar-refractivity contribution is -0.128. The van der Waals surface area contributed by atoms with E-state index in [0.717, 1.165) is 0 Å². The van der Waals surface area contributed by atoms with Gasteiger partial charge in [-0.25, -0.2) is 0 Å². The molecule has 6 heteroatoms. The van der Waals surface area contributed by atoms with E-state index in [9.17, 15) is 9.90 Å². The van der Waals surface area contributed by atoms with Gasteiger partial charge in [-0.1, -0.05) is 11.6 Å². The van der Waals surface area contributed by atoms with Crippen molar-refractivity contribution in [2.45, 2.75) is 32.5 Å². The second-order valence-corrected chi connectivity index (χ2v) is 6.05. The molecule has 0 aliphatic carbocycles. The molecule has 5 nitrogen and oxygen atoms in total. The first-order valence-electron chi connectivity index (χ1n) is 7.27. The number of aliphatic hydroxyl groups is 1. The number of nitrogens with one attached hydrogen (secondary N) is 1. The van der Waals surface area contributed by atoms with Crippen molar-refractivity contribution in [2.75, 3.05) is 6.54 Å². The molecule has 1 aromatic heterocycles. The molecular formula is C17H20ClNO4. The number of hydrogen-bond acceptors (Lipinski definition) is 4. The van der Waals surface area contributed by atoms with Gasteiger partial charge in [-0.15, -0.1) is 0 Å². The summed E-state index contributed by atoms with van der Waals surface area (Å²) in [4.78, 5) is 12.1. The van der Waals surface area contributed by atoms with Crippen LogP contribution < -0.4 is 10.1 Å². The second kappa shape index (κ2) is 7.06. The molecule has 124 valence electrons. The van der Waals surface area contributed by atoms with Crippen LogP contribution in [0.2, 0.25) is 5.02 Å². The third-order valence-electron chi connectivity index (χ3n) is 3.37. The Balaban J connectivity index is 1.89. The number of amides is 1. The summed E-state index contributed by atoms with van der Waals surface area (Å²) in [5.41, 5.74) is -1.29. The van der Waals surface area contributed by atoms with Crippen molar-refractivity contribution in [3.05, 3.63) is 52.9 Å². The highest BCUT2D eigenvalue weighted by Gasteiger charge is 2.28. The lowest BCUT2D eigenvalue weighted by atomic mass is 10.0. The van der Waals surface area contributed by atoms with Crippen LogP contribution in [0.25, 0.3) is 0 Å². The third-order valence-corrected chi connectivity index (χ3v) is 3.63. The summed E-state index contributed by atoms with van der Waals surface area (Å²) in [5, 5.41) is 13.6. The minimum absolute atomic E-state index is 0.0209. The van der Waals surface area contributed by atoms with Crippen molar-refractivity contribution < 1.29 is 19.1 Å². The zero-order chi connectivity index (χ0) is 17.0. The number of carbonyl (C=O) groups excluding carboxylic acids is 1. The van der Waals surface area contributed by atoms with Crippen LogP contribution in [0, 0.1) is 6.92 Å². The third kappa shape index (κ3) is 4.74. The van der Waals surface area contributed by atoms with Gasteiger partial charge in [0, 0.05) is 5.02 Å². The number of rotatable bonds is 6. The van der Waals surface area contributed by atoms with Crippen LogP contribution in [0.15, 0.2) is 40.8 Å². The number of halogens is 1. The van der Waals surface area contributed by atoms with Crippen LogP contribution in [0.3, 0.4) is 0 Å². The minimum atomic E-state index is -1.29. The number of aryl methyl sites for hydroxylation is 1. The minimum Gasteiger partial charge on any atom is -0.481 e. The molecule has 0 saturated heterocycles. The normalized spacial score (nSPS) is 14.8. The first kappa shape index (κ1) is 17.4. The standard InChI is InChI=1S/C17H20ClNO4/c1-11-4-9-15(22-11)17(3,21)10-19-16(20)12(2)23-14-7-5-13(18)6-8-14/h4-9,12,21H,10H2,1-3H3,(H,19,20). The summed E-state index contributed by atoms with van der Waals surface area (Å²) < 4.78 is 10.9. The maximum Gasteiger partial charge on any atom is 0.260 e. The monoisotopic (exact) mass is 337 g/mol. The molecule has 0 spiro atoms. The molecule has 0 aliphatic heterocycles. The number of ether oxygens (including phenoxy) is 1. The van der Waals surface area contributed by atoms with Crippen molar-refractivity contribution >= 4 is 17.5 Å². The first-order chi connectivity index (χ1) is 10.8. The maximum atomic E-state index is 12.1. The van der Waals surface area contributed by atoms with E-state index in [0.29, 0.717) is 22.3 Å². The van der Waals surface area contributed by atoms with Crippen LogP contribution in [0.1, 0.15) is 25.4 Å². The van der Waals surface area contributed by atoms with Crippen molar-refractivity contribution in [3.63, 3.8) is 0 Å². The zero-order valence-electron chi connectivity index (χ0n) is 13.3. The summed E-state index contributed by atoms with van der Waals surface area (Å²) in [6.07, 6.45) is -0.703. The van der Waals surface area contributed by atoms with E-state index in [2.05, 4.69) is 5.32 Å². The first-order valence-corrected chi connectivity index (χ1v) is 7.65. The summed E-state index contributed by atoms with van der Waals surface area (Å²) in [5.74, 6) is 1.32. The number of benzene rings is 1. The largest absolute Gasteiger partial charge is 0.481 e. The summed E-state index contributed by atoms with van der Waals surface area (Å²) in [6.45, 7) is 5.03. The predicted molar refractivity (Wildman–Crippen MR) is 87.6 cm³/mol. The summed E-state index contributed by atoms with van der Waals surface area (Å²) in [6, 6.07) is 10.2. The average molecular weight is 338 g/mol. The highest BCUT2D eigenvalue weighted by molar-refractivity contribution is 6.30. The quantitative estimate of drug-likeness (QED) is 0.850. The Labute approximate surface area is 140 Å². The zero-order valence-corrected chi connectivity index (χ0v) is 14.1. The molecule has 1 heterocycles. The van der Waals surface area contributed by atoms with Gasteiger partial charge in [-0.05, 0) is 57.2 Å². The fraction of sp³-hybridized carbons (Fsp3) is 0.353. The van der Waals surface area contributed by atoms with E-state index in [1.165, 1.54) is 0 Å². The molecule has 0 radical (unpaired) electrons. The Morgan fingerprint density at radius 1 is 1.35 bits per heavy atom. The maximum absolute atomic E-state index is 12.1. The van der Waals surface area contributed by atoms with Gasteiger partial charge in [0.2, 0.25) is 0 Å². The van der Waals surface area contributed by atoms with Crippen molar-refractivity contribution in [1.29, 1.82) is 0 Å². The van der Waals surface area contributed by atoms with Gasteiger partial charge in [0.1, 0.15) is 22.9 Å². The predicted octanol–water partition coefficient (Wildman–Crippen LogP) is 3.03. The van der Waals surface area contributed by atoms with Crippen LogP contribution in [-0.2, 0) is 10.4 Å². The summed E-state index contributed by atoms with van der Waals surface area (Å²) >= 11 is 5.80. The van der Waals surface area contributed by atoms with Crippen LogP contribution in [0.5, 0.6) is 5.75 Å². The van der Waals surface area contributed by atoms with E-state index in [1.807, 2.05) is 0 Å². The molecule has 2 unspecified atom stereocenters. The molecule has 0 aliphatic rings. The molecule has 2 rings (SSSR count). The van der Waals surface area contributed by atoms with E-state index >= 15 is 0 Å². The van der Waals surface area contributed by atoms with Gasteiger partial charge in [0.25, 0.3) is 5.91 Å². The van der Waals surface area contributed by atoms with Gasteiger partial charge in [-0.3, -0.25) is 4.79 Å². The van der Waals surface area contributed by atoms with Gasteiger partial charge in [0.05, 0.1) is 6.54 Å². The Morgan fingerprint density at radius 2 is 2.00 bits per heavy atom. The molecule has 0 bridgehead atoms. The topological polar surface area (TPSA) is 71.7 Å².